The summed E-state index contributed by atoms with van der Waals surface area (Å²) in [7, 11) is 0. The molecule has 0 atom stereocenters. The number of alkyl halides is 15. The molecule has 5 N–H and O–H groups in total. The zero-order chi connectivity index (χ0) is 108. The Balaban J connectivity index is 0.000000175. The maximum absolute atomic E-state index is 13.9. The Kier molecular flexibility index (Phi) is 35.0. The molecule has 0 aromatic heterocycles. The van der Waals surface area contributed by atoms with Crippen molar-refractivity contribution < 1.29 is 175 Å². The fraction of sp³-hybridized carbons (Fsp3) is 0.0777. The van der Waals surface area contributed by atoms with Crippen LogP contribution >= 0.6 is 0 Å². The molecule has 0 aliphatic rings. The minimum absolute atomic E-state index is 0.0298. The number of hydrogen-bond donors (Lipinski definition) is 5. The van der Waals surface area contributed by atoms with Crippen LogP contribution in [0.15, 0.2) is 291 Å². The fourth-order valence-electron chi connectivity index (χ4n) is 12.8. The molecule has 762 valence electrons. The lowest BCUT2D eigenvalue weighted by Gasteiger charge is -2.16. The van der Waals surface area contributed by atoms with E-state index >= 15 is 0 Å². The van der Waals surface area contributed by atoms with E-state index < -0.39 is 226 Å². The first-order valence-corrected chi connectivity index (χ1v) is 41.4. The van der Waals surface area contributed by atoms with E-state index in [0.717, 1.165) is 115 Å². The van der Waals surface area contributed by atoms with Crippen molar-refractivity contribution in [3.8, 4) is 57.5 Å². The molecule has 0 saturated heterocycles. The highest BCUT2D eigenvalue weighted by molar-refractivity contribution is 6.07. The standard InChI is InChI=1S/2C21H13F6NO2.C21H14F5NO2.2C20H11F6NO2/c1-11-8-16(23)19(17(24)9-11)20(29)28-13-3-5-14(6-4-13)30-18-7-2-12(22)10-15(18)21(25,26)27;1-11-8-16(23)19(17(24)9-11)20(29)28-13-3-5-14(6-4-13)30-18-10-12(22)2-7-15(18)21(25,26)27;1-12-5-2-3-8-17(12)29-18-10-9-13(11-14(18)21(24,25)26)27-20(28)19-15(22)6-4-7-16(19)23;21-11-4-9-17(14(10-11)20(24,25)26)29-13-7-5-12(6-8-13)27-19(28)18-15(22)2-1-3-16(18)23;21-11-4-9-14(20(24,25)26)17(10-11)29-13-7-5-12(6-8-13)27-19(28)18-15(22)2-1-3-16(18)23/h2*2-10H,1H3,(H,28,29);2-11H,1H3,(H,27,28);2*1-10H,(H,27,28). The summed E-state index contributed by atoms with van der Waals surface area (Å²) in [6, 6.07) is 49.6. The third-order valence-electron chi connectivity index (χ3n) is 19.6. The largest absolute Gasteiger partial charge is 0.457 e. The molecule has 44 heteroatoms. The van der Waals surface area contributed by atoms with E-state index in [-0.39, 0.29) is 57.2 Å². The minimum atomic E-state index is -4.83. The lowest BCUT2D eigenvalue weighted by molar-refractivity contribution is -0.139. The molecule has 0 aliphatic heterocycles. The topological polar surface area (TPSA) is 192 Å². The summed E-state index contributed by atoms with van der Waals surface area (Å²) in [5.74, 6) is -23.0. The monoisotopic (exact) mass is 2080 g/mol. The molecular formula is C103H62F29N5O10. The SMILES string of the molecule is Cc1cc(F)c(C(=O)Nc2ccc(Oc3cc(F)ccc3C(F)(F)F)cc2)c(F)c1.Cc1cc(F)c(C(=O)Nc2ccc(Oc3ccc(F)cc3C(F)(F)F)cc2)c(F)c1.Cc1ccccc1Oc1ccc(NC(=O)c2c(F)cccc2F)cc1C(F)(F)F.O=C(Nc1ccc(Oc2cc(F)ccc2C(F)(F)F)cc1)c1c(F)cccc1F.O=C(Nc1ccc(Oc2ccc(F)cc2C(F)(F)F)cc1)c1c(F)cccc1F. The highest BCUT2D eigenvalue weighted by Crippen LogP contribution is 2.46. The van der Waals surface area contributed by atoms with Gasteiger partial charge in [0.05, 0.1) is 11.1 Å². The molecular weight excluding hydrogens is 2020 g/mol. The van der Waals surface area contributed by atoms with Crippen LogP contribution < -0.4 is 50.3 Å². The van der Waals surface area contributed by atoms with Crippen LogP contribution in [0.1, 0.15) is 96.3 Å². The first-order valence-electron chi connectivity index (χ1n) is 41.4. The smallest absolute Gasteiger partial charge is 0.420 e. The molecule has 0 fully saturated rings. The van der Waals surface area contributed by atoms with Crippen molar-refractivity contribution in [2.24, 2.45) is 0 Å². The van der Waals surface area contributed by atoms with Gasteiger partial charge in [0.25, 0.3) is 29.5 Å². The predicted molar refractivity (Wildman–Crippen MR) is 475 cm³/mol. The Labute approximate surface area is 810 Å². The number of aryl methyl sites for hydroxylation is 3. The number of nitrogens with one attached hydrogen (secondary N) is 5. The van der Waals surface area contributed by atoms with Crippen LogP contribution in [0.2, 0.25) is 0 Å². The average molecular weight is 2080 g/mol. The van der Waals surface area contributed by atoms with Gasteiger partial charge in [0.2, 0.25) is 0 Å². The molecule has 147 heavy (non-hydrogen) atoms. The van der Waals surface area contributed by atoms with Gasteiger partial charge in [0, 0.05) is 40.6 Å². The Morgan fingerprint density at radius 3 is 0.701 bits per heavy atom. The van der Waals surface area contributed by atoms with Crippen LogP contribution in [0.5, 0.6) is 57.5 Å². The summed E-state index contributed by atoms with van der Waals surface area (Å²) >= 11 is 0. The van der Waals surface area contributed by atoms with Crippen molar-refractivity contribution >= 4 is 58.0 Å². The van der Waals surface area contributed by atoms with Crippen LogP contribution in [0.25, 0.3) is 0 Å². The third-order valence-corrected chi connectivity index (χ3v) is 19.6. The number of amides is 5. The van der Waals surface area contributed by atoms with Crippen LogP contribution in [0, 0.1) is 102 Å². The molecule has 0 bridgehead atoms. The second kappa shape index (κ2) is 46.8. The second-order valence-electron chi connectivity index (χ2n) is 30.4. The summed E-state index contributed by atoms with van der Waals surface area (Å²) in [5.41, 5.74) is -8.57. The van der Waals surface area contributed by atoms with Crippen LogP contribution in [0.3, 0.4) is 0 Å². The summed E-state index contributed by atoms with van der Waals surface area (Å²) in [6.07, 6.45) is -23.9. The molecule has 0 spiro atoms. The Morgan fingerprint density at radius 2 is 0.422 bits per heavy atom. The van der Waals surface area contributed by atoms with Crippen molar-refractivity contribution in [3.05, 3.63) is 445 Å². The average Bonchev–Trinajstić information content (AvgIpc) is 0.846. The number of carbonyl (C=O) groups is 5. The molecule has 0 heterocycles. The Morgan fingerprint density at radius 1 is 0.197 bits per heavy atom. The number of benzene rings is 15. The second-order valence-corrected chi connectivity index (χ2v) is 30.4. The lowest BCUT2D eigenvalue weighted by Crippen LogP contribution is -2.16. The number of carbonyl (C=O) groups excluding carboxylic acids is 5. The van der Waals surface area contributed by atoms with Crippen LogP contribution in [-0.2, 0) is 30.9 Å². The zero-order valence-electron chi connectivity index (χ0n) is 74.3. The maximum Gasteiger partial charge on any atom is 0.420 e. The van der Waals surface area contributed by atoms with Gasteiger partial charge in [-0.1, -0.05) is 36.4 Å². The number of halogens is 29. The Bertz CT molecular complexity index is 7250. The van der Waals surface area contributed by atoms with Gasteiger partial charge in [-0.3, -0.25) is 24.0 Å². The molecule has 0 saturated carbocycles. The van der Waals surface area contributed by atoms with Crippen molar-refractivity contribution in [1.29, 1.82) is 0 Å². The van der Waals surface area contributed by atoms with Gasteiger partial charge < -0.3 is 50.3 Å². The van der Waals surface area contributed by atoms with E-state index in [0.29, 0.717) is 71.3 Å². The van der Waals surface area contributed by atoms with Gasteiger partial charge in [-0.2, -0.15) is 65.9 Å². The molecule has 15 rings (SSSR count). The van der Waals surface area contributed by atoms with Crippen LogP contribution in [-0.4, -0.2) is 29.5 Å². The van der Waals surface area contributed by atoms with Crippen molar-refractivity contribution in [1.82, 2.24) is 0 Å². The molecule has 15 aromatic rings. The first-order chi connectivity index (χ1) is 69.0. The summed E-state index contributed by atoms with van der Waals surface area (Å²) in [5, 5.41) is 11.2. The van der Waals surface area contributed by atoms with Crippen molar-refractivity contribution in [2.75, 3.05) is 26.6 Å². The molecule has 5 amide bonds. The number of para-hydroxylation sites is 1. The van der Waals surface area contributed by atoms with Crippen molar-refractivity contribution in [3.63, 3.8) is 0 Å². The first kappa shape index (κ1) is 110. The number of ether oxygens (including phenoxy) is 5. The highest BCUT2D eigenvalue weighted by Gasteiger charge is 2.40. The molecule has 15 nitrogen and oxygen atoms in total. The van der Waals surface area contributed by atoms with Gasteiger partial charge in [0.1, 0.15) is 183 Å². The minimum Gasteiger partial charge on any atom is -0.457 e. The van der Waals surface area contributed by atoms with Crippen LogP contribution in [0.4, 0.5) is 156 Å². The lowest BCUT2D eigenvalue weighted by atomic mass is 10.1. The third kappa shape index (κ3) is 29.9. The van der Waals surface area contributed by atoms with Gasteiger partial charge in [-0.15, -0.1) is 0 Å². The maximum atomic E-state index is 13.9. The molecule has 0 unspecified atom stereocenters. The highest BCUT2D eigenvalue weighted by atomic mass is 19.4. The van der Waals surface area contributed by atoms with E-state index in [1.165, 1.54) is 117 Å². The predicted octanol–water partition coefficient (Wildman–Crippen LogP) is 31.6. The van der Waals surface area contributed by atoms with Gasteiger partial charge in [-0.05, 0) is 280 Å². The summed E-state index contributed by atoms with van der Waals surface area (Å²) in [6.45, 7) is 4.62. The number of anilines is 5. The summed E-state index contributed by atoms with van der Waals surface area (Å²) in [4.78, 5) is 60.5. The van der Waals surface area contributed by atoms with E-state index in [1.54, 1.807) is 25.1 Å². The van der Waals surface area contributed by atoms with E-state index in [1.807, 2.05) is 0 Å². The normalized spacial score (nSPS) is 11.3. The fourth-order valence-corrected chi connectivity index (χ4v) is 12.8. The number of hydrogen-bond acceptors (Lipinski definition) is 10. The number of rotatable bonds is 20. The zero-order valence-corrected chi connectivity index (χ0v) is 74.3. The quantitative estimate of drug-likeness (QED) is 0.0459. The van der Waals surface area contributed by atoms with Gasteiger partial charge in [0.15, 0.2) is 0 Å². The molecule has 0 radical (unpaired) electrons. The molecule has 0 aliphatic carbocycles. The summed E-state index contributed by atoms with van der Waals surface area (Å²) < 4.78 is 413. The van der Waals surface area contributed by atoms with E-state index in [2.05, 4.69) is 26.6 Å². The van der Waals surface area contributed by atoms with Gasteiger partial charge >= 0.3 is 30.9 Å². The van der Waals surface area contributed by atoms with E-state index in [9.17, 15) is 151 Å². The van der Waals surface area contributed by atoms with E-state index in [4.69, 9.17) is 23.7 Å². The van der Waals surface area contributed by atoms with Gasteiger partial charge in [-0.25, -0.2) is 61.5 Å². The van der Waals surface area contributed by atoms with Crippen molar-refractivity contribution in [2.45, 2.75) is 51.7 Å². The Hall–Kier alpha value is -17.4. The molecule has 15 aromatic carbocycles.